The van der Waals surface area contributed by atoms with E-state index in [-0.39, 0.29) is 5.97 Å². The predicted molar refractivity (Wildman–Crippen MR) is 72.7 cm³/mol. The fraction of sp³-hybridized carbons (Fsp3) is 0.462. The number of hydrogen-bond acceptors (Lipinski definition) is 4. The largest absolute Gasteiger partial charge is 0.465 e. The van der Waals surface area contributed by atoms with Crippen LogP contribution >= 0.6 is 0 Å². The van der Waals surface area contributed by atoms with Gasteiger partial charge in [-0.25, -0.2) is 4.79 Å². The molecule has 19 heavy (non-hydrogen) atoms. The SMILES string of the molecule is COC(=O)c1ccc(N=[N+]=[N-])c(N2CCCCC2)c1. The van der Waals surface area contributed by atoms with Crippen molar-refractivity contribution in [1.29, 1.82) is 0 Å². The quantitative estimate of drug-likeness (QED) is 0.361. The van der Waals surface area contributed by atoms with Crippen molar-refractivity contribution < 1.29 is 9.53 Å². The maximum absolute atomic E-state index is 11.6. The molecule has 100 valence electrons. The van der Waals surface area contributed by atoms with Crippen LogP contribution in [0.2, 0.25) is 0 Å². The summed E-state index contributed by atoms with van der Waals surface area (Å²) in [7, 11) is 1.35. The predicted octanol–water partition coefficient (Wildman–Crippen LogP) is 3.41. The number of anilines is 1. The lowest BCUT2D eigenvalue weighted by Crippen LogP contribution is -2.29. The molecule has 1 saturated heterocycles. The topological polar surface area (TPSA) is 78.3 Å². The minimum Gasteiger partial charge on any atom is -0.465 e. The van der Waals surface area contributed by atoms with E-state index in [4.69, 9.17) is 10.3 Å². The van der Waals surface area contributed by atoms with Gasteiger partial charge in [0.1, 0.15) is 0 Å². The molecule has 0 aromatic heterocycles. The molecule has 0 saturated carbocycles. The minimum absolute atomic E-state index is 0.384. The van der Waals surface area contributed by atoms with Gasteiger partial charge in [-0.1, -0.05) is 5.11 Å². The summed E-state index contributed by atoms with van der Waals surface area (Å²) in [5.41, 5.74) is 10.4. The molecule has 1 aliphatic heterocycles. The van der Waals surface area contributed by atoms with E-state index < -0.39 is 0 Å². The van der Waals surface area contributed by atoms with Crippen LogP contribution < -0.4 is 4.90 Å². The van der Waals surface area contributed by atoms with Gasteiger partial charge in [0, 0.05) is 23.7 Å². The molecule has 1 aromatic rings. The molecular weight excluding hydrogens is 244 g/mol. The summed E-state index contributed by atoms with van der Waals surface area (Å²) in [5, 5.41) is 3.69. The van der Waals surface area contributed by atoms with Gasteiger partial charge in [0.2, 0.25) is 0 Å². The summed E-state index contributed by atoms with van der Waals surface area (Å²) in [5.74, 6) is -0.384. The molecule has 0 unspecified atom stereocenters. The van der Waals surface area contributed by atoms with Crippen molar-refractivity contribution >= 4 is 17.3 Å². The summed E-state index contributed by atoms with van der Waals surface area (Å²) < 4.78 is 4.72. The summed E-state index contributed by atoms with van der Waals surface area (Å²) in [6.45, 7) is 1.83. The smallest absolute Gasteiger partial charge is 0.337 e. The van der Waals surface area contributed by atoms with Crippen molar-refractivity contribution in [2.75, 3.05) is 25.1 Å². The van der Waals surface area contributed by atoms with E-state index in [1.54, 1.807) is 18.2 Å². The monoisotopic (exact) mass is 260 g/mol. The molecule has 1 fully saturated rings. The first-order valence-electron chi connectivity index (χ1n) is 6.28. The van der Waals surface area contributed by atoms with E-state index in [0.717, 1.165) is 31.6 Å². The highest BCUT2D eigenvalue weighted by atomic mass is 16.5. The molecule has 0 bridgehead atoms. The number of carbonyl (C=O) groups is 1. The van der Waals surface area contributed by atoms with Gasteiger partial charge in [-0.15, -0.1) is 0 Å². The van der Waals surface area contributed by atoms with Crippen molar-refractivity contribution in [2.24, 2.45) is 5.11 Å². The Hall–Kier alpha value is -2.20. The molecule has 0 atom stereocenters. The maximum Gasteiger partial charge on any atom is 0.337 e. The summed E-state index contributed by atoms with van der Waals surface area (Å²) in [6.07, 6.45) is 3.43. The molecule has 6 heteroatoms. The second-order valence-electron chi connectivity index (χ2n) is 4.43. The highest BCUT2D eigenvalue weighted by molar-refractivity contribution is 5.92. The lowest BCUT2D eigenvalue weighted by atomic mass is 10.1. The van der Waals surface area contributed by atoms with E-state index in [9.17, 15) is 4.79 Å². The average molecular weight is 260 g/mol. The zero-order valence-electron chi connectivity index (χ0n) is 10.9. The third kappa shape index (κ3) is 2.98. The number of azide groups is 1. The van der Waals surface area contributed by atoms with Crippen LogP contribution in [0.1, 0.15) is 29.6 Å². The molecule has 0 spiro atoms. The van der Waals surface area contributed by atoms with Gasteiger partial charge < -0.3 is 9.64 Å². The Morgan fingerprint density at radius 2 is 2.11 bits per heavy atom. The third-order valence-electron chi connectivity index (χ3n) is 3.25. The summed E-state index contributed by atoms with van der Waals surface area (Å²) in [4.78, 5) is 16.6. The van der Waals surface area contributed by atoms with Gasteiger partial charge in [-0.05, 0) is 43.0 Å². The standard InChI is InChI=1S/C13H16N4O2/c1-19-13(18)10-5-6-11(15-16-14)12(9-10)17-7-3-2-4-8-17/h5-6,9H,2-4,7-8H2,1H3. The number of nitrogens with zero attached hydrogens (tertiary/aromatic N) is 4. The van der Waals surface area contributed by atoms with Gasteiger partial charge in [-0.3, -0.25) is 0 Å². The zero-order chi connectivity index (χ0) is 13.7. The Balaban J connectivity index is 2.40. The molecule has 1 aliphatic rings. The number of carbonyl (C=O) groups excluding carboxylic acids is 1. The van der Waals surface area contributed by atoms with Crippen LogP contribution in [0, 0.1) is 0 Å². The lowest BCUT2D eigenvalue weighted by Gasteiger charge is -2.30. The van der Waals surface area contributed by atoms with Crippen LogP contribution in [-0.4, -0.2) is 26.2 Å². The normalized spacial score (nSPS) is 14.7. The van der Waals surface area contributed by atoms with Crippen LogP contribution in [0.4, 0.5) is 11.4 Å². The van der Waals surface area contributed by atoms with E-state index in [1.807, 2.05) is 0 Å². The van der Waals surface area contributed by atoms with Crippen LogP contribution in [0.3, 0.4) is 0 Å². The second-order valence-corrected chi connectivity index (χ2v) is 4.43. The first-order valence-corrected chi connectivity index (χ1v) is 6.28. The Morgan fingerprint density at radius 3 is 2.74 bits per heavy atom. The highest BCUT2D eigenvalue weighted by Crippen LogP contribution is 2.32. The van der Waals surface area contributed by atoms with Crippen molar-refractivity contribution in [3.63, 3.8) is 0 Å². The van der Waals surface area contributed by atoms with Crippen LogP contribution in [0.25, 0.3) is 10.4 Å². The molecule has 0 aliphatic carbocycles. The van der Waals surface area contributed by atoms with Gasteiger partial charge in [0.15, 0.2) is 0 Å². The Morgan fingerprint density at radius 1 is 1.37 bits per heavy atom. The number of methoxy groups -OCH3 is 1. The molecule has 6 nitrogen and oxygen atoms in total. The Kier molecular flexibility index (Phi) is 4.26. The zero-order valence-corrected chi connectivity index (χ0v) is 10.9. The lowest BCUT2D eigenvalue weighted by molar-refractivity contribution is 0.0601. The molecule has 2 rings (SSSR count). The van der Waals surface area contributed by atoms with E-state index >= 15 is 0 Å². The first-order chi connectivity index (χ1) is 9.26. The van der Waals surface area contributed by atoms with Crippen molar-refractivity contribution in [3.05, 3.63) is 34.2 Å². The van der Waals surface area contributed by atoms with Gasteiger partial charge in [0.25, 0.3) is 0 Å². The summed E-state index contributed by atoms with van der Waals surface area (Å²) in [6, 6.07) is 5.01. The number of hydrogen-bond donors (Lipinski definition) is 0. The summed E-state index contributed by atoms with van der Waals surface area (Å²) >= 11 is 0. The fourth-order valence-corrected chi connectivity index (χ4v) is 2.29. The Bertz CT molecular complexity index is 517. The van der Waals surface area contributed by atoms with Crippen molar-refractivity contribution in [2.45, 2.75) is 19.3 Å². The van der Waals surface area contributed by atoms with Crippen molar-refractivity contribution in [1.82, 2.24) is 0 Å². The first kappa shape index (κ1) is 13.2. The molecule has 0 radical (unpaired) electrons. The number of rotatable bonds is 3. The number of piperidine rings is 1. The van der Waals surface area contributed by atoms with Crippen molar-refractivity contribution in [3.8, 4) is 0 Å². The van der Waals surface area contributed by atoms with E-state index in [2.05, 4.69) is 14.9 Å². The number of esters is 1. The van der Waals surface area contributed by atoms with Gasteiger partial charge in [-0.2, -0.15) is 0 Å². The molecule has 1 aromatic carbocycles. The average Bonchev–Trinajstić information content (AvgIpc) is 2.48. The van der Waals surface area contributed by atoms with Crippen LogP contribution in [0.15, 0.2) is 23.3 Å². The fourth-order valence-electron chi connectivity index (χ4n) is 2.29. The maximum atomic E-state index is 11.6. The third-order valence-corrected chi connectivity index (χ3v) is 3.25. The van der Waals surface area contributed by atoms with Crippen LogP contribution in [-0.2, 0) is 4.74 Å². The minimum atomic E-state index is -0.384. The van der Waals surface area contributed by atoms with Crippen LogP contribution in [0.5, 0.6) is 0 Å². The number of benzene rings is 1. The number of ether oxygens (including phenoxy) is 1. The van der Waals surface area contributed by atoms with E-state index in [1.165, 1.54) is 13.5 Å². The molecule has 1 heterocycles. The molecule has 0 amide bonds. The van der Waals surface area contributed by atoms with E-state index in [0.29, 0.717) is 11.3 Å². The van der Waals surface area contributed by atoms with Gasteiger partial charge in [0.05, 0.1) is 18.4 Å². The Labute approximate surface area is 111 Å². The molecular formula is C13H16N4O2. The highest BCUT2D eigenvalue weighted by Gasteiger charge is 2.16. The van der Waals surface area contributed by atoms with Gasteiger partial charge >= 0.3 is 5.97 Å². The second kappa shape index (κ2) is 6.11. The molecule has 0 N–H and O–H groups in total.